The molecule has 0 bridgehead atoms. The van der Waals surface area contributed by atoms with E-state index >= 15 is 0 Å². The zero-order valence-corrected chi connectivity index (χ0v) is 11.0. The number of thioether (sulfide) groups is 1. The first-order valence-electron chi connectivity index (χ1n) is 4.40. The second-order valence-corrected chi connectivity index (χ2v) is 5.05. The molecule has 0 spiro atoms. The van der Waals surface area contributed by atoms with Crippen molar-refractivity contribution in [1.82, 2.24) is 4.90 Å². The molecule has 1 rings (SSSR count). The molecule has 0 aliphatic rings. The van der Waals surface area contributed by atoms with E-state index in [2.05, 4.69) is 0 Å². The maximum Gasteiger partial charge on any atom is 0.140 e. The van der Waals surface area contributed by atoms with E-state index in [1.807, 2.05) is 54.7 Å². The summed E-state index contributed by atoms with van der Waals surface area (Å²) in [7, 11) is 3.86. The third-order valence-electron chi connectivity index (χ3n) is 1.69. The van der Waals surface area contributed by atoms with Crippen molar-refractivity contribution < 1.29 is 0 Å². The molecule has 0 atom stereocenters. The van der Waals surface area contributed by atoms with Gasteiger partial charge in [0.15, 0.2) is 0 Å². The minimum atomic E-state index is 0.755. The fraction of sp³-hybridized carbons (Fsp3) is 0.182. The van der Waals surface area contributed by atoms with Crippen LogP contribution in [-0.2, 0) is 0 Å². The minimum absolute atomic E-state index is 0.755. The molecule has 1 nitrogen and oxygen atoms in total. The zero-order chi connectivity index (χ0) is 11.3. The number of thiocarbonyl (C=S) groups is 1. The molecular weight excluding hydrogens is 246 g/mol. The zero-order valence-electron chi connectivity index (χ0n) is 8.61. The largest absolute Gasteiger partial charge is 0.363 e. The molecule has 1 aromatic rings. The molecule has 80 valence electrons. The fourth-order valence-electron chi connectivity index (χ4n) is 0.881. The van der Waals surface area contributed by atoms with Gasteiger partial charge in [-0.1, -0.05) is 53.8 Å². The SMILES string of the molecule is CN(C)C(=S)S/C=C\c1ccccc1Cl. The highest BCUT2D eigenvalue weighted by molar-refractivity contribution is 8.24. The van der Waals surface area contributed by atoms with Gasteiger partial charge in [-0.3, -0.25) is 0 Å². The van der Waals surface area contributed by atoms with E-state index in [0.29, 0.717) is 0 Å². The molecular formula is C11H12ClNS2. The maximum absolute atomic E-state index is 6.00. The monoisotopic (exact) mass is 257 g/mol. The normalized spacial score (nSPS) is 10.6. The number of halogens is 1. The van der Waals surface area contributed by atoms with Crippen molar-refractivity contribution in [2.75, 3.05) is 14.1 Å². The van der Waals surface area contributed by atoms with Crippen molar-refractivity contribution in [1.29, 1.82) is 0 Å². The van der Waals surface area contributed by atoms with Crippen molar-refractivity contribution in [3.8, 4) is 0 Å². The summed E-state index contributed by atoms with van der Waals surface area (Å²) in [5.41, 5.74) is 1.01. The molecule has 1 aromatic carbocycles. The van der Waals surface area contributed by atoms with Gasteiger partial charge in [0.1, 0.15) is 4.32 Å². The van der Waals surface area contributed by atoms with E-state index in [1.54, 1.807) is 0 Å². The first-order valence-corrected chi connectivity index (χ1v) is 6.07. The van der Waals surface area contributed by atoms with Crippen LogP contribution >= 0.6 is 35.6 Å². The van der Waals surface area contributed by atoms with Crippen LogP contribution in [0.25, 0.3) is 6.08 Å². The van der Waals surface area contributed by atoms with Gasteiger partial charge in [0.25, 0.3) is 0 Å². The summed E-state index contributed by atoms with van der Waals surface area (Å²) in [4.78, 5) is 1.90. The van der Waals surface area contributed by atoms with Crippen LogP contribution < -0.4 is 0 Å². The highest BCUT2D eigenvalue weighted by atomic mass is 35.5. The van der Waals surface area contributed by atoms with Gasteiger partial charge in [0, 0.05) is 19.1 Å². The standard InChI is InChI=1S/C11H12ClNS2/c1-13(2)11(14)15-8-7-9-5-3-4-6-10(9)12/h3-8H,1-2H3/b8-7-. The Balaban J connectivity index is 2.59. The Morgan fingerprint density at radius 1 is 1.40 bits per heavy atom. The average Bonchev–Trinajstić information content (AvgIpc) is 2.20. The summed E-state index contributed by atoms with van der Waals surface area (Å²) in [5.74, 6) is 0. The third kappa shape index (κ3) is 4.24. The second-order valence-electron chi connectivity index (χ2n) is 3.10. The summed E-state index contributed by atoms with van der Waals surface area (Å²) >= 11 is 12.6. The number of rotatable bonds is 2. The molecule has 4 heteroatoms. The summed E-state index contributed by atoms with van der Waals surface area (Å²) in [5, 5.41) is 2.70. The van der Waals surface area contributed by atoms with E-state index in [4.69, 9.17) is 23.8 Å². The lowest BCUT2D eigenvalue weighted by molar-refractivity contribution is 0.648. The molecule has 0 saturated carbocycles. The molecule has 0 radical (unpaired) electrons. The quantitative estimate of drug-likeness (QED) is 0.740. The summed E-state index contributed by atoms with van der Waals surface area (Å²) < 4.78 is 0.832. The van der Waals surface area contributed by atoms with Crippen LogP contribution in [0.2, 0.25) is 5.02 Å². The predicted molar refractivity (Wildman–Crippen MR) is 74.4 cm³/mol. The molecule has 0 aliphatic carbocycles. The topological polar surface area (TPSA) is 3.24 Å². The smallest absolute Gasteiger partial charge is 0.140 e. The molecule has 15 heavy (non-hydrogen) atoms. The fourth-order valence-corrected chi connectivity index (χ4v) is 1.79. The summed E-state index contributed by atoms with van der Waals surface area (Å²) in [6, 6.07) is 7.71. The number of hydrogen-bond acceptors (Lipinski definition) is 2. The Kier molecular flexibility index (Phi) is 5.15. The van der Waals surface area contributed by atoms with Gasteiger partial charge >= 0.3 is 0 Å². The maximum atomic E-state index is 6.00. The third-order valence-corrected chi connectivity index (χ3v) is 3.52. The molecule has 0 aromatic heterocycles. The van der Waals surface area contributed by atoms with Gasteiger partial charge < -0.3 is 4.90 Å². The van der Waals surface area contributed by atoms with Crippen LogP contribution in [0.3, 0.4) is 0 Å². The van der Waals surface area contributed by atoms with Crippen LogP contribution in [0.1, 0.15) is 5.56 Å². The van der Waals surface area contributed by atoms with Gasteiger partial charge in [-0.15, -0.1) is 0 Å². The van der Waals surface area contributed by atoms with Crippen LogP contribution in [0.15, 0.2) is 29.7 Å². The Hall–Kier alpha value is -0.510. The molecule has 0 unspecified atom stereocenters. The van der Waals surface area contributed by atoms with E-state index in [0.717, 1.165) is 14.9 Å². The van der Waals surface area contributed by atoms with Crippen LogP contribution in [0, 0.1) is 0 Å². The van der Waals surface area contributed by atoms with Gasteiger partial charge in [-0.2, -0.15) is 0 Å². The van der Waals surface area contributed by atoms with Crippen molar-refractivity contribution in [3.63, 3.8) is 0 Å². The molecule has 0 aliphatic heterocycles. The molecule has 0 N–H and O–H groups in total. The molecule has 0 heterocycles. The van der Waals surface area contributed by atoms with Crippen LogP contribution in [-0.4, -0.2) is 23.3 Å². The van der Waals surface area contributed by atoms with Gasteiger partial charge in [-0.05, 0) is 23.1 Å². The van der Waals surface area contributed by atoms with Gasteiger partial charge in [-0.25, -0.2) is 0 Å². The first-order chi connectivity index (χ1) is 7.11. The highest BCUT2D eigenvalue weighted by Gasteiger charge is 1.96. The second kappa shape index (κ2) is 6.16. The van der Waals surface area contributed by atoms with E-state index < -0.39 is 0 Å². The Bertz CT molecular complexity index is 375. The number of benzene rings is 1. The van der Waals surface area contributed by atoms with Crippen molar-refractivity contribution in [2.24, 2.45) is 0 Å². The average molecular weight is 258 g/mol. The molecule has 0 fully saturated rings. The lowest BCUT2D eigenvalue weighted by Gasteiger charge is -2.09. The predicted octanol–water partition coefficient (Wildman–Crippen LogP) is 3.89. The summed E-state index contributed by atoms with van der Waals surface area (Å²) in [6.45, 7) is 0. The van der Waals surface area contributed by atoms with Crippen molar-refractivity contribution in [2.45, 2.75) is 0 Å². The van der Waals surface area contributed by atoms with Crippen molar-refractivity contribution in [3.05, 3.63) is 40.3 Å². The Morgan fingerprint density at radius 2 is 2.07 bits per heavy atom. The molecule has 0 amide bonds. The van der Waals surface area contributed by atoms with E-state index in [1.165, 1.54) is 11.8 Å². The number of nitrogens with zero attached hydrogens (tertiary/aromatic N) is 1. The van der Waals surface area contributed by atoms with Crippen LogP contribution in [0.5, 0.6) is 0 Å². The highest BCUT2D eigenvalue weighted by Crippen LogP contribution is 2.18. The molecule has 0 saturated heterocycles. The minimum Gasteiger partial charge on any atom is -0.363 e. The van der Waals surface area contributed by atoms with E-state index in [9.17, 15) is 0 Å². The van der Waals surface area contributed by atoms with Gasteiger partial charge in [0.05, 0.1) is 0 Å². The lowest BCUT2D eigenvalue weighted by atomic mass is 10.2. The Morgan fingerprint density at radius 3 is 2.67 bits per heavy atom. The van der Waals surface area contributed by atoms with Crippen molar-refractivity contribution >= 4 is 46.0 Å². The summed E-state index contributed by atoms with van der Waals surface area (Å²) in [6.07, 6.45) is 1.96. The lowest BCUT2D eigenvalue weighted by Crippen LogP contribution is -2.14. The van der Waals surface area contributed by atoms with E-state index in [-0.39, 0.29) is 0 Å². The first kappa shape index (κ1) is 12.6. The van der Waals surface area contributed by atoms with Gasteiger partial charge in [0.2, 0.25) is 0 Å². The number of hydrogen-bond donors (Lipinski definition) is 0. The van der Waals surface area contributed by atoms with Crippen LogP contribution in [0.4, 0.5) is 0 Å². The Labute approximate surface area is 105 Å².